The number of carbonyl (C=O) groups excluding carboxylic acids is 1. The van der Waals surface area contributed by atoms with Gasteiger partial charge in [-0.05, 0) is 25.5 Å². The van der Waals surface area contributed by atoms with E-state index in [2.05, 4.69) is 13.1 Å². The minimum absolute atomic E-state index is 0.0234. The molecule has 0 saturated heterocycles. The van der Waals surface area contributed by atoms with Crippen LogP contribution >= 0.6 is 0 Å². The molecule has 84 valence electrons. The number of Topliss-reactive ketones (excluding diaryl/α,β-unsaturated/α-hetero) is 1. The first kappa shape index (κ1) is 12.3. The van der Waals surface area contributed by atoms with Crippen LogP contribution in [0.3, 0.4) is 0 Å². The number of nitrogens with zero attached hydrogens (tertiary/aromatic N) is 2. The van der Waals surface area contributed by atoms with Crippen LogP contribution in [0.2, 0.25) is 0 Å². The lowest BCUT2D eigenvalue weighted by atomic mass is 10.1. The standard InChI is InChI=1S/C13H16N2O/c1-3-4-8-15(10-14)13-7-5-6-12(9-13)11(2)16/h5-7,9H,3-4,8H2,1-2H3. The van der Waals surface area contributed by atoms with Gasteiger partial charge >= 0.3 is 0 Å². The number of hydrogen-bond acceptors (Lipinski definition) is 3. The zero-order valence-electron chi connectivity index (χ0n) is 9.73. The molecule has 0 fully saturated rings. The second kappa shape index (κ2) is 5.92. The second-order valence-electron chi connectivity index (χ2n) is 3.71. The van der Waals surface area contributed by atoms with Crippen molar-refractivity contribution in [1.82, 2.24) is 0 Å². The van der Waals surface area contributed by atoms with Crippen molar-refractivity contribution >= 4 is 11.5 Å². The van der Waals surface area contributed by atoms with E-state index in [0.29, 0.717) is 12.1 Å². The maximum atomic E-state index is 11.2. The van der Waals surface area contributed by atoms with Gasteiger partial charge in [-0.2, -0.15) is 5.26 Å². The largest absolute Gasteiger partial charge is 0.295 e. The van der Waals surface area contributed by atoms with Crippen LogP contribution in [0.1, 0.15) is 37.0 Å². The van der Waals surface area contributed by atoms with Gasteiger partial charge in [0, 0.05) is 12.1 Å². The van der Waals surface area contributed by atoms with Gasteiger partial charge in [-0.15, -0.1) is 0 Å². The summed E-state index contributed by atoms with van der Waals surface area (Å²) in [6.07, 6.45) is 4.16. The molecule has 16 heavy (non-hydrogen) atoms. The third-order valence-electron chi connectivity index (χ3n) is 2.42. The summed E-state index contributed by atoms with van der Waals surface area (Å²) < 4.78 is 0. The van der Waals surface area contributed by atoms with E-state index in [0.717, 1.165) is 18.5 Å². The molecule has 3 nitrogen and oxygen atoms in total. The highest BCUT2D eigenvalue weighted by molar-refractivity contribution is 5.95. The van der Waals surface area contributed by atoms with Crippen molar-refractivity contribution in [3.63, 3.8) is 0 Å². The summed E-state index contributed by atoms with van der Waals surface area (Å²) in [5, 5.41) is 9.03. The fraction of sp³-hybridized carbons (Fsp3) is 0.385. The van der Waals surface area contributed by atoms with Gasteiger partial charge in [0.1, 0.15) is 0 Å². The van der Waals surface area contributed by atoms with E-state index in [9.17, 15) is 4.79 Å². The van der Waals surface area contributed by atoms with E-state index in [1.54, 1.807) is 17.0 Å². The summed E-state index contributed by atoms with van der Waals surface area (Å²) in [6.45, 7) is 4.32. The summed E-state index contributed by atoms with van der Waals surface area (Å²) in [6, 6.07) is 7.19. The normalized spacial score (nSPS) is 9.56. The third kappa shape index (κ3) is 3.09. The van der Waals surface area contributed by atoms with Crippen LogP contribution in [0.25, 0.3) is 0 Å². The first-order valence-electron chi connectivity index (χ1n) is 5.47. The second-order valence-corrected chi connectivity index (χ2v) is 3.71. The minimum Gasteiger partial charge on any atom is -0.295 e. The van der Waals surface area contributed by atoms with E-state index >= 15 is 0 Å². The number of rotatable bonds is 5. The number of benzene rings is 1. The molecule has 0 radical (unpaired) electrons. The molecule has 0 saturated carbocycles. The first-order chi connectivity index (χ1) is 7.69. The first-order valence-corrected chi connectivity index (χ1v) is 5.47. The molecule has 3 heteroatoms. The van der Waals surface area contributed by atoms with Crippen molar-refractivity contribution in [1.29, 1.82) is 5.26 Å². The molecule has 0 N–H and O–H groups in total. The maximum absolute atomic E-state index is 11.2. The average molecular weight is 216 g/mol. The lowest BCUT2D eigenvalue weighted by Crippen LogP contribution is -2.17. The predicted octanol–water partition coefficient (Wildman–Crippen LogP) is 2.98. The molecule has 0 aliphatic rings. The zero-order valence-corrected chi connectivity index (χ0v) is 9.73. The molecule has 0 amide bonds. The monoisotopic (exact) mass is 216 g/mol. The van der Waals surface area contributed by atoms with Crippen molar-refractivity contribution < 1.29 is 4.79 Å². The highest BCUT2D eigenvalue weighted by Crippen LogP contribution is 2.16. The molecule has 1 aromatic carbocycles. The smallest absolute Gasteiger partial charge is 0.184 e. The van der Waals surface area contributed by atoms with Gasteiger partial charge in [0.15, 0.2) is 12.0 Å². The molecule has 1 rings (SSSR count). The quantitative estimate of drug-likeness (QED) is 0.432. The van der Waals surface area contributed by atoms with Gasteiger partial charge in [-0.25, -0.2) is 0 Å². The lowest BCUT2D eigenvalue weighted by Gasteiger charge is -2.15. The van der Waals surface area contributed by atoms with E-state index in [-0.39, 0.29) is 5.78 Å². The highest BCUT2D eigenvalue weighted by atomic mass is 16.1. The van der Waals surface area contributed by atoms with Crippen molar-refractivity contribution in [2.45, 2.75) is 26.7 Å². The Morgan fingerprint density at radius 2 is 2.25 bits per heavy atom. The lowest BCUT2D eigenvalue weighted by molar-refractivity contribution is 0.101. The summed E-state index contributed by atoms with van der Waals surface area (Å²) in [5.41, 5.74) is 1.44. The van der Waals surface area contributed by atoms with Crippen LogP contribution < -0.4 is 4.90 Å². The van der Waals surface area contributed by atoms with Crippen LogP contribution in [0, 0.1) is 11.5 Å². The number of carbonyl (C=O) groups is 1. The van der Waals surface area contributed by atoms with Gasteiger partial charge in [-0.1, -0.05) is 25.5 Å². The SMILES string of the molecule is CCCCN(C#N)c1cccc(C(C)=O)c1. The topological polar surface area (TPSA) is 44.1 Å². The molecular weight excluding hydrogens is 200 g/mol. The molecule has 1 aromatic rings. The van der Waals surface area contributed by atoms with Gasteiger partial charge in [0.2, 0.25) is 0 Å². The summed E-state index contributed by atoms with van der Waals surface area (Å²) in [7, 11) is 0. The Morgan fingerprint density at radius 3 is 2.81 bits per heavy atom. The summed E-state index contributed by atoms with van der Waals surface area (Å²) in [4.78, 5) is 12.8. The molecule has 0 bridgehead atoms. The Hall–Kier alpha value is -1.82. The highest BCUT2D eigenvalue weighted by Gasteiger charge is 2.06. The molecule has 0 atom stereocenters. The van der Waals surface area contributed by atoms with E-state index in [1.807, 2.05) is 12.1 Å². The predicted molar refractivity (Wildman–Crippen MR) is 64.3 cm³/mol. The Balaban J connectivity index is 2.89. The average Bonchev–Trinajstić information content (AvgIpc) is 2.30. The minimum atomic E-state index is 0.0234. The van der Waals surface area contributed by atoms with Crippen LogP contribution in [0.5, 0.6) is 0 Å². The van der Waals surface area contributed by atoms with E-state index < -0.39 is 0 Å². The van der Waals surface area contributed by atoms with Crippen molar-refractivity contribution in [2.24, 2.45) is 0 Å². The van der Waals surface area contributed by atoms with Crippen molar-refractivity contribution in [2.75, 3.05) is 11.4 Å². The molecular formula is C13H16N2O. The summed E-state index contributed by atoms with van der Waals surface area (Å²) >= 11 is 0. The van der Waals surface area contributed by atoms with Gasteiger partial charge < -0.3 is 0 Å². The van der Waals surface area contributed by atoms with Gasteiger partial charge in [0.25, 0.3) is 0 Å². The fourth-order valence-electron chi connectivity index (χ4n) is 1.45. The number of nitriles is 1. The third-order valence-corrected chi connectivity index (χ3v) is 2.42. The summed E-state index contributed by atoms with van der Waals surface area (Å²) in [5.74, 6) is 0.0234. The van der Waals surface area contributed by atoms with Crippen LogP contribution in [0.15, 0.2) is 24.3 Å². The van der Waals surface area contributed by atoms with Gasteiger partial charge in [-0.3, -0.25) is 9.69 Å². The van der Waals surface area contributed by atoms with Crippen molar-refractivity contribution in [3.8, 4) is 6.19 Å². The van der Waals surface area contributed by atoms with Crippen LogP contribution in [-0.2, 0) is 0 Å². The number of hydrogen-bond donors (Lipinski definition) is 0. The Labute approximate surface area is 96.3 Å². The molecule has 0 spiro atoms. The van der Waals surface area contributed by atoms with E-state index in [4.69, 9.17) is 5.26 Å². The zero-order chi connectivity index (χ0) is 12.0. The molecule has 0 aliphatic carbocycles. The number of ketones is 1. The van der Waals surface area contributed by atoms with E-state index in [1.165, 1.54) is 6.92 Å². The Kier molecular flexibility index (Phi) is 4.53. The number of anilines is 1. The Bertz CT molecular complexity index is 407. The van der Waals surface area contributed by atoms with Crippen LogP contribution in [0.4, 0.5) is 5.69 Å². The molecule has 0 aromatic heterocycles. The number of unbranched alkanes of at least 4 members (excludes halogenated alkanes) is 1. The fourth-order valence-corrected chi connectivity index (χ4v) is 1.45. The van der Waals surface area contributed by atoms with Gasteiger partial charge in [0.05, 0.1) is 5.69 Å². The van der Waals surface area contributed by atoms with Crippen LogP contribution in [-0.4, -0.2) is 12.3 Å². The molecule has 0 aliphatic heterocycles. The maximum Gasteiger partial charge on any atom is 0.184 e. The molecule has 0 heterocycles. The van der Waals surface area contributed by atoms with Crippen molar-refractivity contribution in [3.05, 3.63) is 29.8 Å². The molecule has 0 unspecified atom stereocenters. The Morgan fingerprint density at radius 1 is 1.50 bits per heavy atom.